The van der Waals surface area contributed by atoms with Crippen LogP contribution in [-0.4, -0.2) is 0 Å². The topological polar surface area (TPSA) is 35.8 Å². The fourth-order valence-corrected chi connectivity index (χ4v) is 2.16. The van der Waals surface area contributed by atoms with Crippen molar-refractivity contribution in [1.29, 1.82) is 5.26 Å². The lowest BCUT2D eigenvalue weighted by Crippen LogP contribution is -2.22. The summed E-state index contributed by atoms with van der Waals surface area (Å²) in [4.78, 5) is 0. The average molecular weight is 250 g/mol. The van der Waals surface area contributed by atoms with Crippen molar-refractivity contribution >= 4 is 0 Å². The molecule has 0 aromatic heterocycles. The summed E-state index contributed by atoms with van der Waals surface area (Å²) in [6.45, 7) is 4.30. The first-order valence-corrected chi connectivity index (χ1v) is 6.52. The van der Waals surface area contributed by atoms with Crippen molar-refractivity contribution in [2.45, 2.75) is 25.9 Å². The third-order valence-electron chi connectivity index (χ3n) is 3.34. The lowest BCUT2D eigenvalue weighted by atomic mass is 10.0. The van der Waals surface area contributed by atoms with Crippen LogP contribution in [0.25, 0.3) is 0 Å². The SMILES string of the molecule is CC(N[C@@H](C)c1ccccc1)c1ccc(C#N)cc1. The quantitative estimate of drug-likeness (QED) is 0.891. The van der Waals surface area contributed by atoms with E-state index in [0.29, 0.717) is 11.6 Å². The largest absolute Gasteiger partial charge is 0.304 e. The highest BCUT2D eigenvalue weighted by molar-refractivity contribution is 5.32. The lowest BCUT2D eigenvalue weighted by molar-refractivity contribution is 0.494. The first-order chi connectivity index (χ1) is 9.20. The third kappa shape index (κ3) is 3.43. The van der Waals surface area contributed by atoms with Gasteiger partial charge in [-0.15, -0.1) is 0 Å². The molecule has 1 N–H and O–H groups in total. The highest BCUT2D eigenvalue weighted by atomic mass is 14.9. The van der Waals surface area contributed by atoms with Crippen molar-refractivity contribution in [3.63, 3.8) is 0 Å². The van der Waals surface area contributed by atoms with Gasteiger partial charge in [0.15, 0.2) is 0 Å². The Kier molecular flexibility index (Phi) is 4.33. The zero-order chi connectivity index (χ0) is 13.7. The van der Waals surface area contributed by atoms with E-state index in [1.807, 2.05) is 30.3 Å². The lowest BCUT2D eigenvalue weighted by Gasteiger charge is -2.20. The molecule has 0 radical (unpaired) electrons. The predicted molar refractivity (Wildman–Crippen MR) is 77.6 cm³/mol. The van der Waals surface area contributed by atoms with E-state index in [2.05, 4.69) is 49.5 Å². The van der Waals surface area contributed by atoms with Crippen molar-refractivity contribution in [2.24, 2.45) is 0 Å². The van der Waals surface area contributed by atoms with Gasteiger partial charge in [-0.05, 0) is 37.1 Å². The summed E-state index contributed by atoms with van der Waals surface area (Å²) >= 11 is 0. The van der Waals surface area contributed by atoms with E-state index < -0.39 is 0 Å². The van der Waals surface area contributed by atoms with Gasteiger partial charge in [-0.25, -0.2) is 0 Å². The average Bonchev–Trinajstić information content (AvgIpc) is 2.48. The van der Waals surface area contributed by atoms with Crippen molar-refractivity contribution in [3.05, 3.63) is 71.3 Å². The standard InChI is InChI=1S/C17H18N2/c1-13(16-6-4-3-5-7-16)19-14(2)17-10-8-15(12-18)9-11-17/h3-11,13-14,19H,1-2H3/t13-,14?/m0/s1. The van der Waals surface area contributed by atoms with Crippen LogP contribution in [0.15, 0.2) is 54.6 Å². The molecule has 0 heterocycles. The first-order valence-electron chi connectivity index (χ1n) is 6.52. The van der Waals surface area contributed by atoms with Crippen LogP contribution >= 0.6 is 0 Å². The predicted octanol–water partition coefficient (Wildman–Crippen LogP) is 3.97. The molecule has 0 spiro atoms. The molecule has 19 heavy (non-hydrogen) atoms. The Morgan fingerprint density at radius 1 is 0.842 bits per heavy atom. The van der Waals surface area contributed by atoms with Gasteiger partial charge in [-0.1, -0.05) is 42.5 Å². The Morgan fingerprint density at radius 2 is 1.37 bits per heavy atom. The molecule has 0 amide bonds. The minimum absolute atomic E-state index is 0.253. The monoisotopic (exact) mass is 250 g/mol. The molecule has 1 unspecified atom stereocenters. The highest BCUT2D eigenvalue weighted by Gasteiger charge is 2.10. The second-order valence-corrected chi connectivity index (χ2v) is 4.75. The second kappa shape index (κ2) is 6.17. The van der Waals surface area contributed by atoms with Gasteiger partial charge in [0.1, 0.15) is 0 Å². The van der Waals surface area contributed by atoms with E-state index in [1.165, 1.54) is 11.1 Å². The van der Waals surface area contributed by atoms with Crippen LogP contribution in [0.2, 0.25) is 0 Å². The van der Waals surface area contributed by atoms with Crippen LogP contribution in [0.3, 0.4) is 0 Å². The van der Waals surface area contributed by atoms with Gasteiger partial charge in [-0.3, -0.25) is 0 Å². The normalized spacial score (nSPS) is 13.5. The zero-order valence-corrected chi connectivity index (χ0v) is 11.3. The number of nitrogens with zero attached hydrogens (tertiary/aromatic N) is 1. The molecule has 2 aromatic rings. The maximum absolute atomic E-state index is 8.80. The summed E-state index contributed by atoms with van der Waals surface area (Å²) in [5.74, 6) is 0. The second-order valence-electron chi connectivity index (χ2n) is 4.75. The molecule has 0 aliphatic rings. The third-order valence-corrected chi connectivity index (χ3v) is 3.34. The molecular weight excluding hydrogens is 232 g/mol. The van der Waals surface area contributed by atoms with Crippen molar-refractivity contribution < 1.29 is 0 Å². The van der Waals surface area contributed by atoms with E-state index in [9.17, 15) is 0 Å². The number of rotatable bonds is 4. The number of nitriles is 1. The zero-order valence-electron chi connectivity index (χ0n) is 11.3. The molecule has 0 saturated carbocycles. The Morgan fingerprint density at radius 3 is 1.89 bits per heavy atom. The Balaban J connectivity index is 2.04. The van der Waals surface area contributed by atoms with E-state index in [0.717, 1.165) is 0 Å². The minimum Gasteiger partial charge on any atom is -0.304 e. The summed E-state index contributed by atoms with van der Waals surface area (Å²) in [6.07, 6.45) is 0. The molecular formula is C17H18N2. The molecule has 0 fully saturated rings. The molecule has 0 aliphatic carbocycles. The summed E-state index contributed by atoms with van der Waals surface area (Å²) < 4.78 is 0. The van der Waals surface area contributed by atoms with E-state index in [-0.39, 0.29) is 6.04 Å². The number of nitrogens with one attached hydrogen (secondary N) is 1. The van der Waals surface area contributed by atoms with Crippen LogP contribution in [0.4, 0.5) is 0 Å². The van der Waals surface area contributed by atoms with Gasteiger partial charge < -0.3 is 5.32 Å². The molecule has 2 heteroatoms. The van der Waals surface area contributed by atoms with Crippen LogP contribution in [0, 0.1) is 11.3 Å². The van der Waals surface area contributed by atoms with Gasteiger partial charge in [0.25, 0.3) is 0 Å². The number of hydrogen-bond acceptors (Lipinski definition) is 2. The Labute approximate surface area is 114 Å². The summed E-state index contributed by atoms with van der Waals surface area (Å²) in [6, 6.07) is 20.8. The van der Waals surface area contributed by atoms with Crippen LogP contribution in [0.5, 0.6) is 0 Å². The smallest absolute Gasteiger partial charge is 0.0991 e. The fourth-order valence-electron chi connectivity index (χ4n) is 2.16. The summed E-state index contributed by atoms with van der Waals surface area (Å²) in [7, 11) is 0. The van der Waals surface area contributed by atoms with E-state index in [1.54, 1.807) is 0 Å². The molecule has 96 valence electrons. The van der Waals surface area contributed by atoms with E-state index >= 15 is 0 Å². The van der Waals surface area contributed by atoms with Gasteiger partial charge in [0.2, 0.25) is 0 Å². The summed E-state index contributed by atoms with van der Waals surface area (Å²) in [5.41, 5.74) is 3.18. The van der Waals surface area contributed by atoms with Crippen molar-refractivity contribution in [3.8, 4) is 6.07 Å². The maximum atomic E-state index is 8.80. The van der Waals surface area contributed by atoms with Crippen LogP contribution in [-0.2, 0) is 0 Å². The van der Waals surface area contributed by atoms with Gasteiger partial charge >= 0.3 is 0 Å². The molecule has 0 aliphatic heterocycles. The molecule has 2 rings (SSSR count). The summed E-state index contributed by atoms with van der Waals surface area (Å²) in [5, 5.41) is 12.4. The molecule has 0 saturated heterocycles. The highest BCUT2D eigenvalue weighted by Crippen LogP contribution is 2.19. The van der Waals surface area contributed by atoms with Gasteiger partial charge in [0, 0.05) is 12.1 Å². The van der Waals surface area contributed by atoms with Crippen LogP contribution < -0.4 is 5.32 Å². The van der Waals surface area contributed by atoms with Crippen LogP contribution in [0.1, 0.15) is 42.6 Å². The first kappa shape index (κ1) is 13.3. The minimum atomic E-state index is 0.253. The number of hydrogen-bond donors (Lipinski definition) is 1. The number of benzene rings is 2. The van der Waals surface area contributed by atoms with Crippen molar-refractivity contribution in [1.82, 2.24) is 5.32 Å². The molecule has 2 nitrogen and oxygen atoms in total. The van der Waals surface area contributed by atoms with Crippen molar-refractivity contribution in [2.75, 3.05) is 0 Å². The molecule has 0 bridgehead atoms. The Bertz CT molecular complexity index is 552. The molecule has 2 atom stereocenters. The van der Waals surface area contributed by atoms with Gasteiger partial charge in [-0.2, -0.15) is 5.26 Å². The fraction of sp³-hybridized carbons (Fsp3) is 0.235. The van der Waals surface area contributed by atoms with E-state index in [4.69, 9.17) is 5.26 Å². The van der Waals surface area contributed by atoms with Gasteiger partial charge in [0.05, 0.1) is 11.6 Å². The maximum Gasteiger partial charge on any atom is 0.0991 e. The Hall–Kier alpha value is -2.11. The molecule has 2 aromatic carbocycles.